The molecule has 1 heterocycles. The first-order chi connectivity index (χ1) is 11.2. The van der Waals surface area contributed by atoms with E-state index in [1.165, 1.54) is 11.3 Å². The van der Waals surface area contributed by atoms with Crippen molar-refractivity contribution in [2.75, 3.05) is 11.9 Å². The molecule has 1 aromatic heterocycles. The van der Waals surface area contributed by atoms with Crippen molar-refractivity contribution in [3.63, 3.8) is 0 Å². The molecule has 0 saturated carbocycles. The minimum absolute atomic E-state index is 0.0820. The van der Waals surface area contributed by atoms with Crippen LogP contribution in [0.3, 0.4) is 0 Å². The van der Waals surface area contributed by atoms with Gasteiger partial charge in [-0.2, -0.15) is 0 Å². The summed E-state index contributed by atoms with van der Waals surface area (Å²) in [5.41, 5.74) is 0.940. The van der Waals surface area contributed by atoms with Crippen molar-refractivity contribution in [3.8, 4) is 5.75 Å². The number of rotatable bonds is 8. The van der Waals surface area contributed by atoms with Crippen LogP contribution >= 0.6 is 11.3 Å². The summed E-state index contributed by atoms with van der Waals surface area (Å²) in [6, 6.07) is 7.56. The second-order valence-corrected chi connectivity index (χ2v) is 6.27. The lowest BCUT2D eigenvalue weighted by molar-refractivity contribution is -0.115. The Hall–Kier alpha value is -1.95. The number of carbonyl (C=O) groups excluding carboxylic acids is 1. The number of amides is 1. The number of ether oxygens (including phenoxy) is 1. The third kappa shape index (κ3) is 5.03. The lowest BCUT2D eigenvalue weighted by Crippen LogP contribution is -2.14. The Labute approximate surface area is 141 Å². The molecule has 0 spiro atoms. The third-order valence-electron chi connectivity index (χ3n) is 3.62. The average Bonchev–Trinajstić information content (AvgIpc) is 2.99. The van der Waals surface area contributed by atoms with Crippen molar-refractivity contribution >= 4 is 22.4 Å². The van der Waals surface area contributed by atoms with Crippen molar-refractivity contribution in [2.24, 2.45) is 0 Å². The summed E-state index contributed by atoms with van der Waals surface area (Å²) in [5.74, 6) is 1.15. The van der Waals surface area contributed by atoms with Gasteiger partial charge in [0.25, 0.3) is 0 Å². The smallest absolute Gasteiger partial charge is 0.230 e. The molecule has 6 heteroatoms. The first-order valence-corrected chi connectivity index (χ1v) is 8.82. The van der Waals surface area contributed by atoms with Crippen molar-refractivity contribution in [2.45, 2.75) is 46.0 Å². The zero-order valence-electron chi connectivity index (χ0n) is 13.8. The monoisotopic (exact) mass is 333 g/mol. The third-order valence-corrected chi connectivity index (χ3v) is 4.62. The zero-order valence-corrected chi connectivity index (χ0v) is 14.7. The normalized spacial score (nSPS) is 10.8. The van der Waals surface area contributed by atoms with Crippen molar-refractivity contribution in [1.29, 1.82) is 0 Å². The minimum Gasteiger partial charge on any atom is -0.494 e. The molecule has 1 N–H and O–H groups in total. The lowest BCUT2D eigenvalue weighted by Gasteiger charge is -2.06. The Kier molecular flexibility index (Phi) is 6.52. The molecule has 0 bridgehead atoms. The standard InChI is InChI=1S/C17H23N3O2S/c1-4-13(5-2)16-19-20-17(23-16)18-15(21)11-12-7-9-14(10-8-12)22-6-3/h7-10,13H,4-6,11H2,1-3H3,(H,18,20,21). The highest BCUT2D eigenvalue weighted by Crippen LogP contribution is 2.28. The number of hydrogen-bond donors (Lipinski definition) is 1. The van der Waals surface area contributed by atoms with E-state index < -0.39 is 0 Å². The van der Waals surface area contributed by atoms with E-state index in [4.69, 9.17) is 4.74 Å². The Balaban J connectivity index is 1.91. The Morgan fingerprint density at radius 1 is 1.17 bits per heavy atom. The van der Waals surface area contributed by atoms with E-state index in [9.17, 15) is 4.79 Å². The predicted molar refractivity (Wildman–Crippen MR) is 93.2 cm³/mol. The molecule has 0 aliphatic carbocycles. The molecule has 0 aliphatic heterocycles. The quantitative estimate of drug-likeness (QED) is 0.792. The van der Waals surface area contributed by atoms with E-state index in [1.54, 1.807) is 0 Å². The van der Waals surface area contributed by atoms with Gasteiger partial charge in [-0.25, -0.2) is 0 Å². The molecule has 0 aliphatic rings. The first-order valence-electron chi connectivity index (χ1n) is 8.01. The molecule has 0 fully saturated rings. The summed E-state index contributed by atoms with van der Waals surface area (Å²) in [6.45, 7) is 6.86. The zero-order chi connectivity index (χ0) is 16.7. The maximum Gasteiger partial charge on any atom is 0.230 e. The van der Waals surface area contributed by atoms with Crippen molar-refractivity contribution < 1.29 is 9.53 Å². The molecule has 5 nitrogen and oxygen atoms in total. The van der Waals surface area contributed by atoms with Crippen molar-refractivity contribution in [3.05, 3.63) is 34.8 Å². The van der Waals surface area contributed by atoms with Gasteiger partial charge in [0.05, 0.1) is 13.0 Å². The molecule has 1 amide bonds. The maximum atomic E-state index is 12.1. The molecule has 2 rings (SSSR count). The molecule has 0 radical (unpaired) electrons. The fourth-order valence-corrected chi connectivity index (χ4v) is 3.33. The molecule has 2 aromatic rings. The first kappa shape index (κ1) is 17.4. The van der Waals surface area contributed by atoms with Gasteiger partial charge in [-0.05, 0) is 37.5 Å². The average molecular weight is 333 g/mol. The van der Waals surface area contributed by atoms with E-state index in [1.807, 2.05) is 31.2 Å². The summed E-state index contributed by atoms with van der Waals surface area (Å²) in [4.78, 5) is 12.1. The van der Waals surface area contributed by atoms with Gasteiger partial charge in [-0.3, -0.25) is 4.79 Å². The number of anilines is 1. The summed E-state index contributed by atoms with van der Waals surface area (Å²) >= 11 is 1.46. The number of aromatic nitrogens is 2. The van der Waals surface area contributed by atoms with Crippen LogP contribution in [0, 0.1) is 0 Å². The minimum atomic E-state index is -0.0820. The van der Waals surface area contributed by atoms with Gasteiger partial charge in [0.1, 0.15) is 10.8 Å². The van der Waals surface area contributed by atoms with Crippen LogP contribution in [-0.4, -0.2) is 22.7 Å². The van der Waals surface area contributed by atoms with Crippen LogP contribution in [0.1, 0.15) is 50.1 Å². The highest BCUT2D eigenvalue weighted by molar-refractivity contribution is 7.15. The van der Waals surface area contributed by atoms with Gasteiger partial charge in [-0.1, -0.05) is 37.3 Å². The lowest BCUT2D eigenvalue weighted by atomic mass is 10.1. The van der Waals surface area contributed by atoms with Gasteiger partial charge >= 0.3 is 0 Å². The van der Waals surface area contributed by atoms with Gasteiger partial charge in [0.2, 0.25) is 11.0 Å². The van der Waals surface area contributed by atoms with Crippen LogP contribution in [0.2, 0.25) is 0 Å². The summed E-state index contributed by atoms with van der Waals surface area (Å²) < 4.78 is 5.39. The molecular formula is C17H23N3O2S. The largest absolute Gasteiger partial charge is 0.494 e. The van der Waals surface area contributed by atoms with Crippen molar-refractivity contribution in [1.82, 2.24) is 10.2 Å². The second-order valence-electron chi connectivity index (χ2n) is 5.26. The highest BCUT2D eigenvalue weighted by atomic mass is 32.1. The number of carbonyl (C=O) groups is 1. The van der Waals surface area contributed by atoms with Gasteiger partial charge in [0.15, 0.2) is 0 Å². The number of nitrogens with zero attached hydrogens (tertiary/aromatic N) is 2. The van der Waals surface area contributed by atoms with Crippen LogP contribution in [-0.2, 0) is 11.2 Å². The van der Waals surface area contributed by atoms with E-state index >= 15 is 0 Å². The van der Waals surface area contributed by atoms with Gasteiger partial charge in [-0.15, -0.1) is 10.2 Å². The van der Waals surface area contributed by atoms with E-state index in [2.05, 4.69) is 29.4 Å². The van der Waals surface area contributed by atoms with E-state index in [0.29, 0.717) is 24.1 Å². The molecule has 0 atom stereocenters. The molecule has 23 heavy (non-hydrogen) atoms. The molecule has 1 aromatic carbocycles. The SMILES string of the molecule is CCOc1ccc(CC(=O)Nc2nnc(C(CC)CC)s2)cc1. The van der Waals surface area contributed by atoms with Crippen LogP contribution in [0.25, 0.3) is 0 Å². The second kappa shape index (κ2) is 8.62. The molecule has 0 unspecified atom stereocenters. The Bertz CT molecular complexity index is 621. The Morgan fingerprint density at radius 3 is 2.48 bits per heavy atom. The van der Waals surface area contributed by atoms with Gasteiger partial charge in [0, 0.05) is 5.92 Å². The summed E-state index contributed by atoms with van der Waals surface area (Å²) in [5, 5.41) is 12.6. The molecule has 124 valence electrons. The number of benzene rings is 1. The van der Waals surface area contributed by atoms with Crippen LogP contribution in [0.5, 0.6) is 5.75 Å². The Morgan fingerprint density at radius 2 is 1.87 bits per heavy atom. The number of hydrogen-bond acceptors (Lipinski definition) is 5. The van der Waals surface area contributed by atoms with E-state index in [-0.39, 0.29) is 5.91 Å². The fraction of sp³-hybridized carbons (Fsp3) is 0.471. The van der Waals surface area contributed by atoms with Crippen LogP contribution in [0.4, 0.5) is 5.13 Å². The summed E-state index contributed by atoms with van der Waals surface area (Å²) in [6.07, 6.45) is 2.38. The maximum absolute atomic E-state index is 12.1. The highest BCUT2D eigenvalue weighted by Gasteiger charge is 2.14. The van der Waals surface area contributed by atoms with E-state index in [0.717, 1.165) is 29.2 Å². The predicted octanol–water partition coefficient (Wildman–Crippen LogP) is 4.02. The van der Waals surface area contributed by atoms with Gasteiger partial charge < -0.3 is 10.1 Å². The van der Waals surface area contributed by atoms with Crippen LogP contribution < -0.4 is 10.1 Å². The molecule has 0 saturated heterocycles. The summed E-state index contributed by atoms with van der Waals surface area (Å²) in [7, 11) is 0. The molecular weight excluding hydrogens is 310 g/mol. The van der Waals surface area contributed by atoms with Crippen LogP contribution in [0.15, 0.2) is 24.3 Å². The fourth-order valence-electron chi connectivity index (χ4n) is 2.31. The number of nitrogens with one attached hydrogen (secondary N) is 1. The topological polar surface area (TPSA) is 64.1 Å².